The molecule has 1 heterocycles. The molecule has 0 saturated carbocycles. The van der Waals surface area contributed by atoms with E-state index in [0.717, 1.165) is 10.4 Å². The topological polar surface area (TPSA) is 81.7 Å². The first-order chi connectivity index (χ1) is 12.8. The van der Waals surface area contributed by atoms with Crippen LogP contribution in [0.5, 0.6) is 5.75 Å². The lowest BCUT2D eigenvalue weighted by Crippen LogP contribution is -2.28. The predicted octanol–water partition coefficient (Wildman–Crippen LogP) is 3.54. The fourth-order valence-corrected chi connectivity index (χ4v) is 3.24. The van der Waals surface area contributed by atoms with Gasteiger partial charge in [-0.2, -0.15) is 0 Å². The number of benzene rings is 1. The zero-order valence-electron chi connectivity index (χ0n) is 15.2. The van der Waals surface area contributed by atoms with Crippen LogP contribution in [-0.2, 0) is 20.9 Å². The van der Waals surface area contributed by atoms with Gasteiger partial charge >= 0.3 is 5.97 Å². The molecule has 1 amide bonds. The van der Waals surface area contributed by atoms with E-state index in [9.17, 15) is 14.4 Å². The van der Waals surface area contributed by atoms with Crippen LogP contribution in [0.15, 0.2) is 30.3 Å². The zero-order valence-corrected chi connectivity index (χ0v) is 16.8. The highest BCUT2D eigenvalue weighted by Gasteiger charge is 2.20. The van der Waals surface area contributed by atoms with Crippen molar-refractivity contribution in [3.63, 3.8) is 0 Å². The molecule has 0 saturated heterocycles. The van der Waals surface area contributed by atoms with E-state index in [1.54, 1.807) is 37.3 Å². The molecule has 1 aromatic heterocycles. The predicted molar refractivity (Wildman–Crippen MR) is 103 cm³/mol. The molecule has 0 fully saturated rings. The summed E-state index contributed by atoms with van der Waals surface area (Å²) in [7, 11) is 0. The van der Waals surface area contributed by atoms with Crippen LogP contribution in [0.4, 0.5) is 0 Å². The number of rotatable bonds is 8. The summed E-state index contributed by atoms with van der Waals surface area (Å²) in [5.74, 6) is -0.559. The first-order valence-corrected chi connectivity index (χ1v) is 9.41. The second-order valence-corrected chi connectivity index (χ2v) is 7.48. The second-order valence-electron chi connectivity index (χ2n) is 5.88. The normalized spacial score (nSPS) is 11.6. The van der Waals surface area contributed by atoms with Gasteiger partial charge in [0.15, 0.2) is 12.7 Å². The number of aryl methyl sites for hydroxylation is 1. The summed E-state index contributed by atoms with van der Waals surface area (Å²) in [6.07, 6.45) is -0.865. The number of hydrogen-bond donors (Lipinski definition) is 1. The fraction of sp³-hybridized carbons (Fsp3) is 0.316. The third-order valence-electron chi connectivity index (χ3n) is 3.57. The first-order valence-electron chi connectivity index (χ1n) is 8.22. The van der Waals surface area contributed by atoms with Gasteiger partial charge in [-0.3, -0.25) is 9.59 Å². The Hall–Kier alpha value is -2.38. The number of esters is 1. The Kier molecular flexibility index (Phi) is 7.38. The molecule has 6 nitrogen and oxygen atoms in total. The lowest BCUT2D eigenvalue weighted by Gasteiger charge is -2.15. The van der Waals surface area contributed by atoms with Gasteiger partial charge in [-0.25, -0.2) is 4.79 Å². The maximum absolute atomic E-state index is 12.2. The Morgan fingerprint density at radius 1 is 1.22 bits per heavy atom. The maximum Gasteiger partial charge on any atom is 0.347 e. The monoisotopic (exact) mass is 409 g/mol. The van der Waals surface area contributed by atoms with Crippen LogP contribution in [0.25, 0.3) is 0 Å². The largest absolute Gasteiger partial charge is 0.479 e. The smallest absolute Gasteiger partial charge is 0.347 e. The van der Waals surface area contributed by atoms with Crippen LogP contribution in [0.1, 0.15) is 34.0 Å². The molecule has 144 valence electrons. The van der Waals surface area contributed by atoms with Crippen molar-refractivity contribution in [3.05, 3.63) is 50.7 Å². The summed E-state index contributed by atoms with van der Waals surface area (Å²) in [6.45, 7) is 4.79. The van der Waals surface area contributed by atoms with E-state index in [1.807, 2.05) is 6.92 Å². The molecular weight excluding hydrogens is 390 g/mol. The summed E-state index contributed by atoms with van der Waals surface area (Å²) < 4.78 is 10.6. The van der Waals surface area contributed by atoms with Crippen LogP contribution in [0.3, 0.4) is 0 Å². The van der Waals surface area contributed by atoms with Crippen LogP contribution < -0.4 is 10.1 Å². The van der Waals surface area contributed by atoms with Crippen molar-refractivity contribution in [2.75, 3.05) is 6.61 Å². The fourth-order valence-electron chi connectivity index (χ4n) is 2.14. The van der Waals surface area contributed by atoms with Gasteiger partial charge in [0.1, 0.15) is 5.75 Å². The average molecular weight is 410 g/mol. The van der Waals surface area contributed by atoms with Crippen molar-refractivity contribution < 1.29 is 23.9 Å². The molecule has 2 rings (SSSR count). The lowest BCUT2D eigenvalue weighted by atomic mass is 10.2. The van der Waals surface area contributed by atoms with Crippen molar-refractivity contribution >= 4 is 40.6 Å². The molecule has 0 radical (unpaired) electrons. The molecule has 27 heavy (non-hydrogen) atoms. The minimum Gasteiger partial charge on any atom is -0.479 e. The van der Waals surface area contributed by atoms with Crippen LogP contribution in [0.2, 0.25) is 5.02 Å². The second kappa shape index (κ2) is 9.53. The SMILES string of the molecule is CC(=O)NCc1ccc(C(=O)COC(=O)C(C)Oc2ccc(Cl)cc2C)s1. The number of halogens is 1. The quantitative estimate of drug-likeness (QED) is 0.532. The number of carbonyl (C=O) groups excluding carboxylic acids is 3. The molecule has 0 aliphatic heterocycles. The zero-order chi connectivity index (χ0) is 20.0. The van der Waals surface area contributed by atoms with Gasteiger partial charge in [0.25, 0.3) is 0 Å². The number of Topliss-reactive ketones (excluding diaryl/α,β-unsaturated/α-hetero) is 1. The van der Waals surface area contributed by atoms with Gasteiger partial charge in [0.05, 0.1) is 11.4 Å². The van der Waals surface area contributed by atoms with E-state index in [0.29, 0.717) is 22.2 Å². The van der Waals surface area contributed by atoms with Crippen LogP contribution in [0, 0.1) is 6.92 Å². The Balaban J connectivity index is 1.85. The average Bonchev–Trinajstić information content (AvgIpc) is 3.09. The number of thiophene rings is 1. The Labute approximate surface area is 166 Å². The Morgan fingerprint density at radius 3 is 2.63 bits per heavy atom. The third kappa shape index (κ3) is 6.37. The van der Waals surface area contributed by atoms with Gasteiger partial charge in [0, 0.05) is 16.8 Å². The number of hydrogen-bond acceptors (Lipinski definition) is 6. The van der Waals surface area contributed by atoms with E-state index in [4.69, 9.17) is 21.1 Å². The number of ketones is 1. The summed E-state index contributed by atoms with van der Waals surface area (Å²) in [6, 6.07) is 8.48. The highest BCUT2D eigenvalue weighted by atomic mass is 35.5. The van der Waals surface area contributed by atoms with Crippen LogP contribution >= 0.6 is 22.9 Å². The summed E-state index contributed by atoms with van der Waals surface area (Å²) in [5, 5.41) is 3.24. The number of ether oxygens (including phenoxy) is 2. The molecule has 1 N–H and O–H groups in total. The number of amides is 1. The minimum atomic E-state index is -0.865. The molecule has 0 bridgehead atoms. The summed E-state index contributed by atoms with van der Waals surface area (Å²) >= 11 is 7.14. The van der Waals surface area contributed by atoms with E-state index >= 15 is 0 Å². The summed E-state index contributed by atoms with van der Waals surface area (Å²) in [5.41, 5.74) is 0.795. The van der Waals surface area contributed by atoms with Crippen molar-refractivity contribution in [1.29, 1.82) is 0 Å². The molecule has 0 aliphatic rings. The van der Waals surface area contributed by atoms with Gasteiger partial charge < -0.3 is 14.8 Å². The Bertz CT molecular complexity index is 848. The Morgan fingerprint density at radius 2 is 1.96 bits per heavy atom. The highest BCUT2D eigenvalue weighted by Crippen LogP contribution is 2.23. The molecule has 1 unspecified atom stereocenters. The molecule has 1 aromatic carbocycles. The van der Waals surface area contributed by atoms with Gasteiger partial charge in [-0.15, -0.1) is 11.3 Å². The van der Waals surface area contributed by atoms with Crippen molar-refractivity contribution in [1.82, 2.24) is 5.32 Å². The van der Waals surface area contributed by atoms with Crippen LogP contribution in [-0.4, -0.2) is 30.4 Å². The molecule has 0 spiro atoms. The lowest BCUT2D eigenvalue weighted by molar-refractivity contribution is -0.149. The van der Waals surface area contributed by atoms with Crippen molar-refractivity contribution in [2.24, 2.45) is 0 Å². The first kappa shape index (κ1) is 20.9. The van der Waals surface area contributed by atoms with Crippen molar-refractivity contribution in [3.8, 4) is 5.75 Å². The molecule has 2 aromatic rings. The highest BCUT2D eigenvalue weighted by molar-refractivity contribution is 7.14. The molecule has 1 atom stereocenters. The molecule has 8 heteroatoms. The van der Waals surface area contributed by atoms with E-state index in [1.165, 1.54) is 18.3 Å². The molecular formula is C19H20ClNO5S. The van der Waals surface area contributed by atoms with E-state index < -0.39 is 12.1 Å². The standard InChI is InChI=1S/C19H20ClNO5S/c1-11-8-14(20)4-6-17(11)26-12(2)19(24)25-10-16(23)18-7-5-15(27-18)9-21-13(3)22/h4-8,12H,9-10H2,1-3H3,(H,21,22). The summed E-state index contributed by atoms with van der Waals surface area (Å²) in [4.78, 5) is 36.5. The van der Waals surface area contributed by atoms with Crippen molar-refractivity contribution in [2.45, 2.75) is 33.4 Å². The van der Waals surface area contributed by atoms with Gasteiger partial charge in [0.2, 0.25) is 11.7 Å². The van der Waals surface area contributed by atoms with E-state index in [-0.39, 0.29) is 18.3 Å². The third-order valence-corrected chi connectivity index (χ3v) is 4.93. The molecule has 0 aliphatic carbocycles. The number of carbonyl (C=O) groups is 3. The van der Waals surface area contributed by atoms with Gasteiger partial charge in [-0.1, -0.05) is 11.6 Å². The van der Waals surface area contributed by atoms with Gasteiger partial charge in [-0.05, 0) is 49.7 Å². The minimum absolute atomic E-state index is 0.143. The van der Waals surface area contributed by atoms with E-state index in [2.05, 4.69) is 5.32 Å². The maximum atomic E-state index is 12.2. The number of nitrogens with one attached hydrogen (secondary N) is 1.